The molecule has 1 aliphatic heterocycles. The van der Waals surface area contributed by atoms with E-state index in [4.69, 9.17) is 0 Å². The number of hydrogen-bond donors (Lipinski definition) is 0. The van der Waals surface area contributed by atoms with Crippen molar-refractivity contribution in [2.75, 3.05) is 24.5 Å². The summed E-state index contributed by atoms with van der Waals surface area (Å²) in [6, 6.07) is 6.29. The van der Waals surface area contributed by atoms with E-state index < -0.39 is 4.92 Å². The second kappa shape index (κ2) is 6.56. The molecule has 0 saturated carbocycles. The molecule has 1 aromatic carbocycles. The van der Waals surface area contributed by atoms with Gasteiger partial charge >= 0.3 is 0 Å². The highest BCUT2D eigenvalue weighted by atomic mass is 16.6. The molecule has 1 aliphatic rings. The van der Waals surface area contributed by atoms with Crippen molar-refractivity contribution in [2.24, 2.45) is 0 Å². The molecule has 114 valence electrons. The van der Waals surface area contributed by atoms with E-state index in [9.17, 15) is 14.9 Å². The number of amides is 1. The fraction of sp³-hybridized carbons (Fsp3) is 0.533. The molecule has 1 heterocycles. The van der Waals surface area contributed by atoms with Crippen LogP contribution in [0.4, 0.5) is 11.4 Å². The van der Waals surface area contributed by atoms with Gasteiger partial charge in [-0.05, 0) is 38.8 Å². The molecule has 1 atom stereocenters. The molecule has 1 aromatic rings. The third-order valence-corrected chi connectivity index (χ3v) is 4.01. The van der Waals surface area contributed by atoms with Crippen LogP contribution < -0.4 is 4.90 Å². The Labute approximate surface area is 124 Å². The van der Waals surface area contributed by atoms with Gasteiger partial charge in [0.05, 0.1) is 4.92 Å². The second-order valence-corrected chi connectivity index (χ2v) is 5.14. The molecule has 2 rings (SSSR count). The fourth-order valence-electron chi connectivity index (χ4n) is 2.84. The maximum absolute atomic E-state index is 12.5. The molecule has 0 aliphatic carbocycles. The minimum absolute atomic E-state index is 0.0737. The number of carbonyl (C=O) groups is 1. The van der Waals surface area contributed by atoms with E-state index in [0.717, 1.165) is 25.1 Å². The van der Waals surface area contributed by atoms with Crippen LogP contribution >= 0.6 is 0 Å². The summed E-state index contributed by atoms with van der Waals surface area (Å²) in [7, 11) is 0. The van der Waals surface area contributed by atoms with Gasteiger partial charge in [-0.3, -0.25) is 14.9 Å². The number of likely N-dealkylation sites (N-methyl/N-ethyl adjacent to an activating group) is 1. The summed E-state index contributed by atoms with van der Waals surface area (Å²) in [6.45, 7) is 6.19. The van der Waals surface area contributed by atoms with Gasteiger partial charge in [0, 0.05) is 37.5 Å². The van der Waals surface area contributed by atoms with Crippen LogP contribution in [0.3, 0.4) is 0 Å². The number of nitro groups is 1. The summed E-state index contributed by atoms with van der Waals surface area (Å²) in [5.41, 5.74) is 0.952. The Balaban J connectivity index is 2.18. The van der Waals surface area contributed by atoms with Crippen LogP contribution in [0.1, 0.15) is 26.7 Å². The molecule has 21 heavy (non-hydrogen) atoms. The molecule has 1 saturated heterocycles. The van der Waals surface area contributed by atoms with Crippen molar-refractivity contribution in [3.8, 4) is 0 Å². The zero-order valence-corrected chi connectivity index (χ0v) is 12.5. The van der Waals surface area contributed by atoms with Gasteiger partial charge < -0.3 is 9.80 Å². The van der Waals surface area contributed by atoms with Crippen LogP contribution in [0.25, 0.3) is 0 Å². The summed E-state index contributed by atoms with van der Waals surface area (Å²) in [4.78, 5) is 26.7. The van der Waals surface area contributed by atoms with Crippen LogP contribution in [0.15, 0.2) is 24.3 Å². The van der Waals surface area contributed by atoms with Crippen molar-refractivity contribution >= 4 is 17.3 Å². The second-order valence-electron chi connectivity index (χ2n) is 5.14. The van der Waals surface area contributed by atoms with E-state index >= 15 is 0 Å². The third-order valence-electron chi connectivity index (χ3n) is 4.01. The monoisotopic (exact) mass is 291 g/mol. The van der Waals surface area contributed by atoms with Gasteiger partial charge in [-0.15, -0.1) is 0 Å². The Bertz CT molecular complexity index is 511. The SMILES string of the molecule is CCN(CC)C(=O)C1CCCN1c1ccc([N+](=O)[O-])cc1. The molecule has 0 bridgehead atoms. The van der Waals surface area contributed by atoms with E-state index in [2.05, 4.69) is 4.90 Å². The molecule has 6 nitrogen and oxygen atoms in total. The van der Waals surface area contributed by atoms with Gasteiger partial charge in [0.25, 0.3) is 5.69 Å². The highest BCUT2D eigenvalue weighted by Crippen LogP contribution is 2.28. The smallest absolute Gasteiger partial charge is 0.269 e. The molecule has 0 aromatic heterocycles. The molecule has 1 amide bonds. The Morgan fingerprint density at radius 3 is 2.48 bits per heavy atom. The first-order valence-electron chi connectivity index (χ1n) is 7.38. The number of rotatable bonds is 5. The largest absolute Gasteiger partial charge is 0.360 e. The van der Waals surface area contributed by atoms with Crippen molar-refractivity contribution in [3.05, 3.63) is 34.4 Å². The topological polar surface area (TPSA) is 66.7 Å². The van der Waals surface area contributed by atoms with Crippen LogP contribution in [0.5, 0.6) is 0 Å². The minimum atomic E-state index is -0.410. The zero-order valence-electron chi connectivity index (χ0n) is 12.5. The average Bonchev–Trinajstić information content (AvgIpc) is 2.97. The Hall–Kier alpha value is -2.11. The van der Waals surface area contributed by atoms with Crippen molar-refractivity contribution in [1.82, 2.24) is 4.90 Å². The van der Waals surface area contributed by atoms with Crippen LogP contribution in [0.2, 0.25) is 0 Å². The molecule has 1 fully saturated rings. The number of nitrogens with zero attached hydrogens (tertiary/aromatic N) is 3. The Morgan fingerprint density at radius 1 is 1.33 bits per heavy atom. The Morgan fingerprint density at radius 2 is 1.95 bits per heavy atom. The number of nitro benzene ring substituents is 1. The van der Waals surface area contributed by atoms with E-state index in [1.807, 2.05) is 18.7 Å². The lowest BCUT2D eigenvalue weighted by molar-refractivity contribution is -0.384. The number of benzene rings is 1. The van der Waals surface area contributed by atoms with Gasteiger partial charge in [-0.1, -0.05) is 0 Å². The zero-order chi connectivity index (χ0) is 15.4. The normalized spacial score (nSPS) is 17.8. The first-order valence-corrected chi connectivity index (χ1v) is 7.38. The highest BCUT2D eigenvalue weighted by molar-refractivity contribution is 5.86. The molecule has 6 heteroatoms. The molecular formula is C15H21N3O3. The highest BCUT2D eigenvalue weighted by Gasteiger charge is 2.33. The minimum Gasteiger partial charge on any atom is -0.360 e. The maximum atomic E-state index is 12.5. The number of hydrogen-bond acceptors (Lipinski definition) is 4. The van der Waals surface area contributed by atoms with E-state index in [1.54, 1.807) is 12.1 Å². The number of anilines is 1. The predicted molar refractivity (Wildman–Crippen MR) is 81.4 cm³/mol. The summed E-state index contributed by atoms with van der Waals surface area (Å²) in [5.74, 6) is 0.149. The summed E-state index contributed by atoms with van der Waals surface area (Å²) in [6.07, 6.45) is 1.81. The molecule has 0 N–H and O–H groups in total. The molecule has 1 unspecified atom stereocenters. The van der Waals surface area contributed by atoms with Crippen molar-refractivity contribution in [2.45, 2.75) is 32.7 Å². The lowest BCUT2D eigenvalue weighted by Gasteiger charge is -2.30. The van der Waals surface area contributed by atoms with Crippen molar-refractivity contribution in [1.29, 1.82) is 0 Å². The first kappa shape index (κ1) is 15.3. The van der Waals surface area contributed by atoms with E-state index in [0.29, 0.717) is 13.1 Å². The van der Waals surface area contributed by atoms with E-state index in [1.165, 1.54) is 12.1 Å². The van der Waals surface area contributed by atoms with Gasteiger partial charge in [-0.25, -0.2) is 0 Å². The van der Waals surface area contributed by atoms with Crippen molar-refractivity contribution < 1.29 is 9.72 Å². The summed E-state index contributed by atoms with van der Waals surface area (Å²) < 4.78 is 0. The van der Waals surface area contributed by atoms with Crippen LogP contribution in [-0.4, -0.2) is 41.4 Å². The fourth-order valence-corrected chi connectivity index (χ4v) is 2.84. The predicted octanol–water partition coefficient (Wildman–Crippen LogP) is 2.43. The van der Waals surface area contributed by atoms with Gasteiger partial charge in [0.15, 0.2) is 0 Å². The molecule has 0 spiro atoms. The van der Waals surface area contributed by atoms with Gasteiger partial charge in [0.2, 0.25) is 5.91 Å². The summed E-state index contributed by atoms with van der Waals surface area (Å²) >= 11 is 0. The molecule has 0 radical (unpaired) electrons. The standard InChI is InChI=1S/C15H21N3O3/c1-3-16(4-2)15(19)14-6-5-11-17(14)12-7-9-13(10-8-12)18(20)21/h7-10,14H,3-6,11H2,1-2H3. The average molecular weight is 291 g/mol. The number of carbonyl (C=O) groups excluding carboxylic acids is 1. The third kappa shape index (κ3) is 3.15. The Kier molecular flexibility index (Phi) is 4.77. The number of non-ortho nitro benzene ring substituents is 1. The lowest BCUT2D eigenvalue weighted by Crippen LogP contribution is -2.45. The van der Waals surface area contributed by atoms with E-state index in [-0.39, 0.29) is 17.6 Å². The van der Waals surface area contributed by atoms with Gasteiger partial charge in [0.1, 0.15) is 6.04 Å². The first-order chi connectivity index (χ1) is 10.1. The quantitative estimate of drug-likeness (QED) is 0.617. The lowest BCUT2D eigenvalue weighted by atomic mass is 10.1. The van der Waals surface area contributed by atoms with Gasteiger partial charge in [-0.2, -0.15) is 0 Å². The summed E-state index contributed by atoms with van der Waals surface area (Å²) in [5, 5.41) is 10.7. The van der Waals surface area contributed by atoms with Crippen LogP contribution in [-0.2, 0) is 4.79 Å². The molecular weight excluding hydrogens is 270 g/mol. The van der Waals surface area contributed by atoms with Crippen LogP contribution in [0, 0.1) is 10.1 Å². The maximum Gasteiger partial charge on any atom is 0.269 e. The van der Waals surface area contributed by atoms with Crippen molar-refractivity contribution in [3.63, 3.8) is 0 Å².